The van der Waals surface area contributed by atoms with Gasteiger partial charge in [-0.15, -0.1) is 0 Å². The number of aromatic hydroxyl groups is 1. The van der Waals surface area contributed by atoms with E-state index in [1.54, 1.807) is 0 Å². The van der Waals surface area contributed by atoms with Crippen LogP contribution in [0.1, 0.15) is 30.5 Å². The highest BCUT2D eigenvalue weighted by atomic mass is 16.6. The van der Waals surface area contributed by atoms with Crippen LogP contribution in [0.25, 0.3) is 27.9 Å². The quantitative estimate of drug-likeness (QED) is 0.156. The fraction of sp³-hybridized carbons (Fsp3) is 0.156. The van der Waals surface area contributed by atoms with Crippen LogP contribution in [0.15, 0.2) is 91.0 Å². The summed E-state index contributed by atoms with van der Waals surface area (Å²) in [6.07, 6.45) is 4.27. The fourth-order valence-electron chi connectivity index (χ4n) is 5.76. The Morgan fingerprint density at radius 2 is 1.66 bits per heavy atom. The second kappa shape index (κ2) is 8.70. The molecule has 188 valence electrons. The van der Waals surface area contributed by atoms with Crippen LogP contribution in [0.2, 0.25) is 0 Å². The molecule has 38 heavy (non-hydrogen) atoms. The maximum absolute atomic E-state index is 11.4. The number of phenols is 1. The molecule has 6 rings (SSSR count). The number of phenolic OH excluding ortho intramolecular Hbond substituents is 1. The van der Waals surface area contributed by atoms with Gasteiger partial charge in [0.15, 0.2) is 12.3 Å². The molecule has 0 saturated carbocycles. The first-order chi connectivity index (χ1) is 18.3. The molecule has 1 aromatic heterocycles. The van der Waals surface area contributed by atoms with Crippen LogP contribution < -0.4 is 0 Å². The summed E-state index contributed by atoms with van der Waals surface area (Å²) in [7, 11) is 2.09. The predicted molar refractivity (Wildman–Crippen MR) is 152 cm³/mol. The minimum atomic E-state index is -0.432. The zero-order valence-corrected chi connectivity index (χ0v) is 21.6. The molecule has 1 aliphatic heterocycles. The van der Waals surface area contributed by atoms with E-state index in [-0.39, 0.29) is 16.9 Å². The molecule has 0 aliphatic carbocycles. The average molecular weight is 503 g/mol. The molecule has 2 heterocycles. The fourth-order valence-corrected chi connectivity index (χ4v) is 5.76. The van der Waals surface area contributed by atoms with Crippen molar-refractivity contribution >= 4 is 45.0 Å². The van der Waals surface area contributed by atoms with E-state index in [4.69, 9.17) is 0 Å². The summed E-state index contributed by atoms with van der Waals surface area (Å²) >= 11 is 0. The number of aryl methyl sites for hydroxylation is 1. The topological polar surface area (TPSA) is 71.3 Å². The van der Waals surface area contributed by atoms with Crippen molar-refractivity contribution in [2.24, 2.45) is 7.05 Å². The molecule has 0 unspecified atom stereocenters. The number of nitro benzene ring substituents is 1. The van der Waals surface area contributed by atoms with Crippen molar-refractivity contribution < 1.29 is 14.6 Å². The monoisotopic (exact) mass is 502 g/mol. The molecule has 0 saturated heterocycles. The van der Waals surface area contributed by atoms with Gasteiger partial charge >= 0.3 is 0 Å². The lowest BCUT2D eigenvalue weighted by Crippen LogP contribution is -2.27. The van der Waals surface area contributed by atoms with Crippen LogP contribution in [0.4, 0.5) is 11.4 Å². The lowest BCUT2D eigenvalue weighted by Gasteiger charge is -2.15. The molecule has 5 aromatic rings. The second-order valence-electron chi connectivity index (χ2n) is 10.4. The third kappa shape index (κ3) is 3.68. The zero-order valence-electron chi connectivity index (χ0n) is 21.6. The van der Waals surface area contributed by atoms with Crippen molar-refractivity contribution in [3.05, 3.63) is 118 Å². The summed E-state index contributed by atoms with van der Waals surface area (Å²) in [5, 5.41) is 24.4. The summed E-state index contributed by atoms with van der Waals surface area (Å²) in [4.78, 5) is 11.0. The highest BCUT2D eigenvalue weighted by molar-refractivity contribution is 6.09. The van der Waals surface area contributed by atoms with E-state index in [1.165, 1.54) is 45.6 Å². The van der Waals surface area contributed by atoms with E-state index < -0.39 is 4.92 Å². The molecular weight excluding hydrogens is 474 g/mol. The predicted octanol–water partition coefficient (Wildman–Crippen LogP) is 7.24. The van der Waals surface area contributed by atoms with Gasteiger partial charge in [-0.2, -0.15) is 4.58 Å². The Morgan fingerprint density at radius 3 is 2.47 bits per heavy atom. The number of nitro groups is 1. The number of hydrogen-bond donors (Lipinski definition) is 1. The number of nitrogens with zero attached hydrogens (tertiary/aromatic N) is 3. The molecule has 0 atom stereocenters. The molecule has 4 aromatic carbocycles. The van der Waals surface area contributed by atoms with Crippen molar-refractivity contribution in [2.75, 3.05) is 0 Å². The van der Waals surface area contributed by atoms with Crippen LogP contribution >= 0.6 is 0 Å². The van der Waals surface area contributed by atoms with Gasteiger partial charge in [-0.1, -0.05) is 42.5 Å². The molecule has 6 nitrogen and oxygen atoms in total. The van der Waals surface area contributed by atoms with Gasteiger partial charge in [-0.25, -0.2) is 0 Å². The second-order valence-corrected chi connectivity index (χ2v) is 10.4. The Labute approximate surface area is 220 Å². The molecule has 6 heteroatoms. The Bertz CT molecular complexity index is 1830. The van der Waals surface area contributed by atoms with Gasteiger partial charge in [0, 0.05) is 58.7 Å². The number of allylic oxidation sites excluding steroid dienone is 1. The third-order valence-electron chi connectivity index (χ3n) is 7.77. The molecule has 0 fully saturated rings. The Morgan fingerprint density at radius 1 is 0.921 bits per heavy atom. The summed E-state index contributed by atoms with van der Waals surface area (Å²) in [5.74, 6) is 0.0440. The number of para-hydroxylation sites is 2. The van der Waals surface area contributed by atoms with Crippen molar-refractivity contribution in [3.63, 3.8) is 0 Å². The van der Waals surface area contributed by atoms with Crippen LogP contribution in [0.5, 0.6) is 5.75 Å². The summed E-state index contributed by atoms with van der Waals surface area (Å²) in [5.41, 5.74) is 6.92. The largest absolute Gasteiger partial charge is 0.507 e. The minimum absolute atomic E-state index is 0.0370. The highest BCUT2D eigenvalue weighted by Gasteiger charge is 2.44. The standard InChI is InChI=1S/C32H27N3O3/c1-32(2)26-9-5-7-11-29(26)34(20-22-19-23(35(37)38)14-16-30(22)36)31(32)17-13-21-12-15-28-25(18-21)24-8-4-6-10-27(24)33(28)3/h4-19H,20H2,1-3H3/p+1. The van der Waals surface area contributed by atoms with E-state index >= 15 is 0 Å². The minimum Gasteiger partial charge on any atom is -0.507 e. The number of rotatable bonds is 5. The number of aromatic nitrogens is 1. The molecule has 0 amide bonds. The molecule has 0 bridgehead atoms. The van der Waals surface area contributed by atoms with E-state index in [2.05, 4.69) is 96.8 Å². The maximum Gasteiger partial charge on any atom is 0.270 e. The van der Waals surface area contributed by atoms with Crippen LogP contribution in [0, 0.1) is 10.1 Å². The summed E-state index contributed by atoms with van der Waals surface area (Å²) < 4.78 is 4.37. The van der Waals surface area contributed by atoms with Gasteiger partial charge in [0.1, 0.15) is 5.75 Å². The number of non-ortho nitro benzene ring substituents is 1. The first-order valence-electron chi connectivity index (χ1n) is 12.6. The number of benzene rings is 4. The van der Waals surface area contributed by atoms with Crippen molar-refractivity contribution in [2.45, 2.75) is 25.8 Å². The maximum atomic E-state index is 11.4. The lowest BCUT2D eigenvalue weighted by atomic mass is 9.81. The third-order valence-corrected chi connectivity index (χ3v) is 7.77. The van der Waals surface area contributed by atoms with Gasteiger partial charge in [0.25, 0.3) is 5.69 Å². The molecule has 0 spiro atoms. The first-order valence-corrected chi connectivity index (χ1v) is 12.6. The van der Waals surface area contributed by atoms with E-state index in [0.717, 1.165) is 17.0 Å². The molecule has 1 N–H and O–H groups in total. The van der Waals surface area contributed by atoms with Crippen molar-refractivity contribution in [3.8, 4) is 5.75 Å². The Balaban J connectivity index is 1.47. The van der Waals surface area contributed by atoms with Gasteiger partial charge in [-0.3, -0.25) is 10.1 Å². The SMILES string of the molecule is Cn1c2ccccc2c2cc(C=CC3=[N+](Cc4cc([N+](=O)[O-])ccc4O)c4ccccc4C3(C)C)ccc21. The van der Waals surface area contributed by atoms with Gasteiger partial charge in [0.2, 0.25) is 5.69 Å². The van der Waals surface area contributed by atoms with E-state index in [0.29, 0.717) is 12.1 Å². The van der Waals surface area contributed by atoms with Crippen molar-refractivity contribution in [1.29, 1.82) is 0 Å². The van der Waals surface area contributed by atoms with Crippen LogP contribution in [-0.4, -0.2) is 24.9 Å². The van der Waals surface area contributed by atoms with Crippen LogP contribution in [-0.2, 0) is 19.0 Å². The lowest BCUT2D eigenvalue weighted by molar-refractivity contribution is -0.455. The van der Waals surface area contributed by atoms with Crippen LogP contribution in [0.3, 0.4) is 0 Å². The zero-order chi connectivity index (χ0) is 26.6. The Hall–Kier alpha value is -4.71. The van der Waals surface area contributed by atoms with Gasteiger partial charge < -0.3 is 9.67 Å². The first kappa shape index (κ1) is 23.7. The van der Waals surface area contributed by atoms with Gasteiger partial charge in [0.05, 0.1) is 15.9 Å². The van der Waals surface area contributed by atoms with Gasteiger partial charge in [-0.05, 0) is 49.8 Å². The normalized spacial score (nSPS) is 14.6. The summed E-state index contributed by atoms with van der Waals surface area (Å²) in [6, 6.07) is 27.3. The molecular formula is C32H28N3O3+. The number of hydrogen-bond acceptors (Lipinski definition) is 3. The summed E-state index contributed by atoms with van der Waals surface area (Å²) in [6.45, 7) is 4.69. The van der Waals surface area contributed by atoms with E-state index in [9.17, 15) is 15.2 Å². The Kier molecular flexibility index (Phi) is 5.42. The van der Waals surface area contributed by atoms with E-state index in [1.807, 2.05) is 12.1 Å². The molecule has 1 aliphatic rings. The number of fused-ring (bicyclic) bond motifs is 4. The average Bonchev–Trinajstić information content (AvgIpc) is 3.31. The molecule has 0 radical (unpaired) electrons. The highest BCUT2D eigenvalue weighted by Crippen LogP contribution is 2.41. The van der Waals surface area contributed by atoms with Crippen molar-refractivity contribution in [1.82, 2.24) is 4.57 Å². The smallest absolute Gasteiger partial charge is 0.270 e.